The molecule has 1 unspecified atom stereocenters. The maximum atomic E-state index is 13.7. The lowest BCUT2D eigenvalue weighted by atomic mass is 9.73. The lowest BCUT2D eigenvalue weighted by molar-refractivity contribution is -0.118. The summed E-state index contributed by atoms with van der Waals surface area (Å²) in [5.74, 6) is 1.23. The number of benzene rings is 2. The van der Waals surface area contributed by atoms with Gasteiger partial charge >= 0.3 is 0 Å². The second kappa shape index (κ2) is 8.81. The van der Waals surface area contributed by atoms with Gasteiger partial charge in [0.25, 0.3) is 5.56 Å². The van der Waals surface area contributed by atoms with Gasteiger partial charge in [0.15, 0.2) is 22.1 Å². The first-order valence-electron chi connectivity index (χ1n) is 11.3. The quantitative estimate of drug-likeness (QED) is 0.527. The van der Waals surface area contributed by atoms with E-state index in [-0.39, 0.29) is 16.8 Å². The largest absolute Gasteiger partial charge is 0.493 e. The van der Waals surface area contributed by atoms with Crippen LogP contribution in [0.1, 0.15) is 43.9 Å². The van der Waals surface area contributed by atoms with Crippen molar-refractivity contribution in [3.05, 3.63) is 89.6 Å². The molecule has 3 aromatic rings. The van der Waals surface area contributed by atoms with Crippen molar-refractivity contribution in [2.75, 3.05) is 14.2 Å². The van der Waals surface area contributed by atoms with Gasteiger partial charge in [-0.1, -0.05) is 55.0 Å². The molecule has 2 heterocycles. The third-order valence-electron chi connectivity index (χ3n) is 6.39. The molecule has 5 rings (SSSR count). The van der Waals surface area contributed by atoms with Gasteiger partial charge in [-0.15, -0.1) is 0 Å². The minimum absolute atomic E-state index is 0.0362. The van der Waals surface area contributed by atoms with Crippen LogP contribution < -0.4 is 24.4 Å². The smallest absolute Gasteiger partial charge is 0.271 e. The highest BCUT2D eigenvalue weighted by Gasteiger charge is 2.40. The molecule has 2 aliphatic rings. The maximum absolute atomic E-state index is 13.7. The molecule has 6 nitrogen and oxygen atoms in total. The van der Waals surface area contributed by atoms with Gasteiger partial charge in [0.1, 0.15) is 0 Å². The van der Waals surface area contributed by atoms with Crippen LogP contribution in [0.5, 0.6) is 11.5 Å². The molecule has 0 N–H and O–H groups in total. The Kier molecular flexibility index (Phi) is 5.93. The number of hydrogen-bond acceptors (Lipinski definition) is 6. The molecule has 0 saturated heterocycles. The van der Waals surface area contributed by atoms with Crippen molar-refractivity contribution in [3.63, 3.8) is 0 Å². The van der Waals surface area contributed by atoms with Gasteiger partial charge in [-0.2, -0.15) is 0 Å². The van der Waals surface area contributed by atoms with Crippen LogP contribution in [0.25, 0.3) is 6.08 Å². The van der Waals surface area contributed by atoms with Crippen LogP contribution in [-0.4, -0.2) is 24.6 Å². The van der Waals surface area contributed by atoms with E-state index in [4.69, 9.17) is 26.1 Å². The Labute approximate surface area is 211 Å². The highest BCUT2D eigenvalue weighted by atomic mass is 35.5. The number of nitrogens with zero attached hydrogens (tertiary/aromatic N) is 2. The zero-order chi connectivity index (χ0) is 24.9. The summed E-state index contributed by atoms with van der Waals surface area (Å²) < 4.78 is 12.9. The molecule has 180 valence electrons. The number of ether oxygens (including phenoxy) is 2. The van der Waals surface area contributed by atoms with Gasteiger partial charge in [-0.3, -0.25) is 14.2 Å². The van der Waals surface area contributed by atoms with Gasteiger partial charge in [0, 0.05) is 17.0 Å². The Bertz CT molecular complexity index is 1550. The van der Waals surface area contributed by atoms with E-state index in [2.05, 4.69) is 13.8 Å². The van der Waals surface area contributed by atoms with E-state index in [1.54, 1.807) is 37.0 Å². The number of carbonyl (C=O) groups is 1. The highest BCUT2D eigenvalue weighted by Crippen LogP contribution is 2.43. The monoisotopic (exact) mass is 508 g/mol. The van der Waals surface area contributed by atoms with Crippen LogP contribution in [-0.2, 0) is 4.79 Å². The Morgan fingerprint density at radius 3 is 2.46 bits per heavy atom. The Hall–Kier alpha value is -3.16. The second-order valence-electron chi connectivity index (χ2n) is 9.55. The van der Waals surface area contributed by atoms with Crippen LogP contribution >= 0.6 is 22.9 Å². The van der Waals surface area contributed by atoms with E-state index in [9.17, 15) is 9.59 Å². The average molecular weight is 509 g/mol. The predicted octanol–water partition coefficient (Wildman–Crippen LogP) is 4.28. The van der Waals surface area contributed by atoms with Gasteiger partial charge < -0.3 is 9.47 Å². The topological polar surface area (TPSA) is 69.9 Å². The lowest BCUT2D eigenvalue weighted by Crippen LogP contribution is -2.42. The summed E-state index contributed by atoms with van der Waals surface area (Å²) >= 11 is 7.46. The molecule has 8 heteroatoms. The Morgan fingerprint density at radius 1 is 1.06 bits per heavy atom. The summed E-state index contributed by atoms with van der Waals surface area (Å²) in [4.78, 5) is 32.5. The highest BCUT2D eigenvalue weighted by molar-refractivity contribution is 7.07. The van der Waals surface area contributed by atoms with E-state index in [0.29, 0.717) is 44.3 Å². The second-order valence-corrected chi connectivity index (χ2v) is 11.0. The number of methoxy groups -OCH3 is 2. The van der Waals surface area contributed by atoms with Crippen LogP contribution in [0.15, 0.2) is 63.5 Å². The number of ketones is 1. The molecule has 1 aliphatic carbocycles. The minimum Gasteiger partial charge on any atom is -0.493 e. The van der Waals surface area contributed by atoms with Crippen LogP contribution in [0.2, 0.25) is 5.02 Å². The molecule has 0 amide bonds. The first-order valence-corrected chi connectivity index (χ1v) is 12.5. The number of Topliss-reactive ketones (excluding diaryl/α,β-unsaturated/α-hetero) is 1. The molecular weight excluding hydrogens is 484 g/mol. The van der Waals surface area contributed by atoms with Gasteiger partial charge in [0.05, 0.1) is 30.5 Å². The zero-order valence-electron chi connectivity index (χ0n) is 19.9. The fraction of sp³-hybridized carbons (Fsp3) is 0.296. The number of thiazole rings is 1. The molecule has 1 atom stereocenters. The standard InChI is InChI=1S/C27H25ClN2O4S/c1-27(2)13-18-23(19(31)14-27)24(16-6-8-17(28)9-7-16)30-25(32)22(35-26(30)29-18)12-15-5-10-20(33-3)21(11-15)34-4/h5-12,24H,13-14H2,1-4H3. The molecule has 0 spiro atoms. The van der Waals surface area contributed by atoms with Crippen LogP contribution in [0.4, 0.5) is 0 Å². The molecule has 1 aliphatic heterocycles. The number of hydrogen-bond donors (Lipinski definition) is 0. The van der Waals surface area contributed by atoms with Crippen molar-refractivity contribution in [1.29, 1.82) is 0 Å². The summed E-state index contributed by atoms with van der Waals surface area (Å²) in [6, 6.07) is 12.3. The van der Waals surface area contributed by atoms with Crippen molar-refractivity contribution < 1.29 is 14.3 Å². The van der Waals surface area contributed by atoms with Crippen LogP contribution in [0, 0.1) is 5.41 Å². The van der Waals surface area contributed by atoms with Gasteiger partial charge in [-0.05, 0) is 53.3 Å². The first kappa shape index (κ1) is 23.6. The number of fused-ring (bicyclic) bond motifs is 1. The molecular formula is C27H25ClN2O4S. The summed E-state index contributed by atoms with van der Waals surface area (Å²) in [5, 5.41) is 0.597. The third-order valence-corrected chi connectivity index (χ3v) is 7.62. The average Bonchev–Trinajstić information content (AvgIpc) is 3.12. The summed E-state index contributed by atoms with van der Waals surface area (Å²) in [7, 11) is 3.15. The van der Waals surface area contributed by atoms with E-state index in [0.717, 1.165) is 16.8 Å². The zero-order valence-corrected chi connectivity index (χ0v) is 21.5. The fourth-order valence-electron chi connectivity index (χ4n) is 4.80. The number of allylic oxidation sites excluding steroid dienone is 2. The maximum Gasteiger partial charge on any atom is 0.271 e. The SMILES string of the molecule is COc1ccc(C=c2sc3n(c2=O)C(c2ccc(Cl)cc2)C2=C(CC(C)(C)CC2=O)N=3)cc1OC. The van der Waals surface area contributed by atoms with Gasteiger partial charge in [0.2, 0.25) is 0 Å². The number of halogens is 1. The molecule has 0 saturated carbocycles. The van der Waals surface area contributed by atoms with Crippen molar-refractivity contribution in [2.24, 2.45) is 10.4 Å². The van der Waals surface area contributed by atoms with Crippen molar-refractivity contribution in [1.82, 2.24) is 4.57 Å². The van der Waals surface area contributed by atoms with E-state index in [1.807, 2.05) is 30.3 Å². The lowest BCUT2D eigenvalue weighted by Gasteiger charge is -2.35. The molecule has 35 heavy (non-hydrogen) atoms. The summed E-state index contributed by atoms with van der Waals surface area (Å²) in [6.45, 7) is 4.15. The Balaban J connectivity index is 1.73. The van der Waals surface area contributed by atoms with E-state index < -0.39 is 6.04 Å². The van der Waals surface area contributed by atoms with Crippen molar-refractivity contribution in [3.8, 4) is 11.5 Å². The summed E-state index contributed by atoms with van der Waals surface area (Å²) in [5.41, 5.74) is 2.65. The Morgan fingerprint density at radius 2 is 1.77 bits per heavy atom. The van der Waals surface area contributed by atoms with Gasteiger partial charge in [-0.25, -0.2) is 4.99 Å². The number of rotatable bonds is 4. The van der Waals surface area contributed by atoms with E-state index >= 15 is 0 Å². The molecule has 1 aromatic heterocycles. The fourth-order valence-corrected chi connectivity index (χ4v) is 5.95. The van der Waals surface area contributed by atoms with Crippen molar-refractivity contribution >= 4 is 34.8 Å². The third kappa shape index (κ3) is 4.23. The first-order chi connectivity index (χ1) is 16.7. The molecule has 0 radical (unpaired) electrons. The molecule has 0 fully saturated rings. The molecule has 0 bridgehead atoms. The van der Waals surface area contributed by atoms with E-state index in [1.165, 1.54) is 11.3 Å². The predicted molar refractivity (Wildman–Crippen MR) is 137 cm³/mol. The summed E-state index contributed by atoms with van der Waals surface area (Å²) in [6.07, 6.45) is 2.92. The molecule has 2 aromatic carbocycles. The minimum atomic E-state index is -0.533. The number of carbonyl (C=O) groups excluding carboxylic acids is 1. The number of aromatic nitrogens is 1. The van der Waals surface area contributed by atoms with Crippen LogP contribution in [0.3, 0.4) is 0 Å². The van der Waals surface area contributed by atoms with Crippen molar-refractivity contribution in [2.45, 2.75) is 32.7 Å². The normalized spacial score (nSPS) is 19.2.